The van der Waals surface area contributed by atoms with Crippen molar-refractivity contribution in [2.45, 2.75) is 52.0 Å². The lowest BCUT2D eigenvalue weighted by molar-refractivity contribution is 0.565. The van der Waals surface area contributed by atoms with E-state index in [1.807, 2.05) is 7.05 Å². The van der Waals surface area contributed by atoms with Crippen LogP contribution in [0.1, 0.15) is 44.2 Å². The molecule has 1 N–H and O–H groups in total. The van der Waals surface area contributed by atoms with Crippen LogP contribution in [0.3, 0.4) is 0 Å². The summed E-state index contributed by atoms with van der Waals surface area (Å²) in [5, 5.41) is 4.60. The van der Waals surface area contributed by atoms with Crippen LogP contribution in [0.2, 0.25) is 0 Å². The predicted molar refractivity (Wildman–Crippen MR) is 125 cm³/mol. The summed E-state index contributed by atoms with van der Waals surface area (Å²) >= 11 is 0. The third kappa shape index (κ3) is 4.45. The quantitative estimate of drug-likeness (QED) is 0.571. The highest BCUT2D eigenvalue weighted by atomic mass is 15.1. The number of pyridine rings is 1. The first-order valence-corrected chi connectivity index (χ1v) is 11.1. The molecule has 3 aromatic rings. The van der Waals surface area contributed by atoms with Crippen LogP contribution < -0.4 is 10.2 Å². The SMILES string of the molecule is CCc1ccc2c(N3CCCC3)cc(-c3ccc(CCC(C)NC)cc3)nc2c1. The lowest BCUT2D eigenvalue weighted by atomic mass is 10.0. The largest absolute Gasteiger partial charge is 0.371 e. The average Bonchev–Trinajstić information content (AvgIpc) is 3.31. The smallest absolute Gasteiger partial charge is 0.0733 e. The molecule has 1 aromatic heterocycles. The molecule has 2 heterocycles. The molecule has 0 amide bonds. The normalized spacial score (nSPS) is 15.2. The Bertz CT molecular complexity index is 956. The van der Waals surface area contributed by atoms with Gasteiger partial charge in [0.2, 0.25) is 0 Å². The molecule has 0 spiro atoms. The Morgan fingerprint density at radius 3 is 2.41 bits per heavy atom. The Labute approximate surface area is 175 Å². The van der Waals surface area contributed by atoms with Gasteiger partial charge in [0.25, 0.3) is 0 Å². The van der Waals surface area contributed by atoms with E-state index in [9.17, 15) is 0 Å². The zero-order valence-electron chi connectivity index (χ0n) is 18.0. The van der Waals surface area contributed by atoms with Gasteiger partial charge in [0.05, 0.1) is 11.2 Å². The molecule has 152 valence electrons. The van der Waals surface area contributed by atoms with Crippen LogP contribution in [0, 0.1) is 0 Å². The van der Waals surface area contributed by atoms with Crippen LogP contribution in [-0.4, -0.2) is 31.2 Å². The van der Waals surface area contributed by atoms with Crippen LogP contribution in [0.15, 0.2) is 48.5 Å². The maximum Gasteiger partial charge on any atom is 0.0733 e. The van der Waals surface area contributed by atoms with Crippen LogP contribution in [0.4, 0.5) is 5.69 Å². The molecular weight excluding hydrogens is 354 g/mol. The Hall–Kier alpha value is -2.39. The van der Waals surface area contributed by atoms with Gasteiger partial charge in [0.15, 0.2) is 0 Å². The van der Waals surface area contributed by atoms with E-state index >= 15 is 0 Å². The van der Waals surface area contributed by atoms with Crippen molar-refractivity contribution >= 4 is 16.6 Å². The summed E-state index contributed by atoms with van der Waals surface area (Å²) in [5.74, 6) is 0. The predicted octanol–water partition coefficient (Wildman–Crippen LogP) is 5.60. The molecule has 3 nitrogen and oxygen atoms in total. The first kappa shape index (κ1) is 19.9. The fourth-order valence-electron chi connectivity index (χ4n) is 4.21. The topological polar surface area (TPSA) is 28.2 Å². The summed E-state index contributed by atoms with van der Waals surface area (Å²) in [6.45, 7) is 6.74. The van der Waals surface area contributed by atoms with E-state index < -0.39 is 0 Å². The van der Waals surface area contributed by atoms with Crippen molar-refractivity contribution < 1.29 is 0 Å². The monoisotopic (exact) mass is 387 g/mol. The number of nitrogens with one attached hydrogen (secondary N) is 1. The van der Waals surface area contributed by atoms with E-state index in [0.717, 1.165) is 43.6 Å². The van der Waals surface area contributed by atoms with Gasteiger partial charge in [-0.25, -0.2) is 4.98 Å². The van der Waals surface area contributed by atoms with E-state index in [2.05, 4.69) is 72.6 Å². The van der Waals surface area contributed by atoms with Gasteiger partial charge < -0.3 is 10.2 Å². The van der Waals surface area contributed by atoms with Gasteiger partial charge in [-0.2, -0.15) is 0 Å². The molecular formula is C26H33N3. The lowest BCUT2D eigenvalue weighted by Crippen LogP contribution is -2.21. The standard InChI is InChI=1S/C26H33N3/c1-4-20-11-14-23-25(17-20)28-24(18-26(23)29-15-5-6-16-29)22-12-9-21(10-13-22)8-7-19(2)27-3/h9-14,17-19,27H,4-8,15-16H2,1-3H3. The van der Waals surface area contributed by atoms with E-state index in [1.54, 1.807) is 0 Å². The maximum absolute atomic E-state index is 5.07. The Morgan fingerprint density at radius 1 is 1.00 bits per heavy atom. The molecule has 1 atom stereocenters. The van der Waals surface area contributed by atoms with Crippen LogP contribution in [0.25, 0.3) is 22.2 Å². The highest BCUT2D eigenvalue weighted by Gasteiger charge is 2.17. The third-order valence-corrected chi connectivity index (χ3v) is 6.32. The second kappa shape index (κ2) is 8.96. The summed E-state index contributed by atoms with van der Waals surface area (Å²) in [6.07, 6.45) is 5.87. The van der Waals surface area contributed by atoms with E-state index in [-0.39, 0.29) is 0 Å². The molecule has 1 aliphatic heterocycles. The molecule has 4 rings (SSSR count). The zero-order valence-corrected chi connectivity index (χ0v) is 18.0. The number of hydrogen-bond acceptors (Lipinski definition) is 3. The summed E-state index contributed by atoms with van der Waals surface area (Å²) in [5.41, 5.74) is 7.50. The van der Waals surface area contributed by atoms with Gasteiger partial charge in [0.1, 0.15) is 0 Å². The first-order valence-electron chi connectivity index (χ1n) is 11.1. The van der Waals surface area contributed by atoms with Crippen molar-refractivity contribution in [3.63, 3.8) is 0 Å². The van der Waals surface area contributed by atoms with E-state index in [0.29, 0.717) is 6.04 Å². The number of hydrogen-bond donors (Lipinski definition) is 1. The first-order chi connectivity index (χ1) is 14.2. The Morgan fingerprint density at radius 2 is 1.72 bits per heavy atom. The van der Waals surface area contributed by atoms with E-state index in [1.165, 1.54) is 40.6 Å². The Balaban J connectivity index is 1.69. The van der Waals surface area contributed by atoms with E-state index in [4.69, 9.17) is 4.98 Å². The second-order valence-corrected chi connectivity index (χ2v) is 8.35. The van der Waals surface area contributed by atoms with Crippen LogP contribution in [-0.2, 0) is 12.8 Å². The minimum atomic E-state index is 0.549. The minimum Gasteiger partial charge on any atom is -0.371 e. The summed E-state index contributed by atoms with van der Waals surface area (Å²) in [6, 6.07) is 18.7. The third-order valence-electron chi connectivity index (χ3n) is 6.32. The minimum absolute atomic E-state index is 0.549. The van der Waals surface area contributed by atoms with Gasteiger partial charge in [0, 0.05) is 35.8 Å². The van der Waals surface area contributed by atoms with Crippen molar-refractivity contribution in [3.8, 4) is 11.3 Å². The molecule has 1 saturated heterocycles. The number of aryl methyl sites for hydroxylation is 2. The molecule has 0 saturated carbocycles. The van der Waals surface area contributed by atoms with Crippen molar-refractivity contribution in [2.75, 3.05) is 25.0 Å². The average molecular weight is 388 g/mol. The molecule has 1 fully saturated rings. The molecule has 3 heteroatoms. The molecule has 0 aliphatic carbocycles. The van der Waals surface area contributed by atoms with Crippen molar-refractivity contribution in [3.05, 3.63) is 59.7 Å². The fraction of sp³-hybridized carbons (Fsp3) is 0.423. The molecule has 1 aliphatic rings. The van der Waals surface area contributed by atoms with Crippen LogP contribution in [0.5, 0.6) is 0 Å². The highest BCUT2D eigenvalue weighted by molar-refractivity contribution is 5.94. The van der Waals surface area contributed by atoms with Gasteiger partial charge in [-0.3, -0.25) is 0 Å². The second-order valence-electron chi connectivity index (χ2n) is 8.35. The van der Waals surface area contributed by atoms with Crippen LogP contribution >= 0.6 is 0 Å². The number of aromatic nitrogens is 1. The molecule has 2 aromatic carbocycles. The number of rotatable bonds is 7. The van der Waals surface area contributed by atoms with Crippen molar-refractivity contribution in [1.29, 1.82) is 0 Å². The molecule has 1 unspecified atom stereocenters. The highest BCUT2D eigenvalue weighted by Crippen LogP contribution is 2.33. The number of anilines is 1. The van der Waals surface area contributed by atoms with Crippen molar-refractivity contribution in [1.82, 2.24) is 10.3 Å². The van der Waals surface area contributed by atoms with Gasteiger partial charge in [-0.15, -0.1) is 0 Å². The number of benzene rings is 2. The molecule has 29 heavy (non-hydrogen) atoms. The number of fused-ring (bicyclic) bond motifs is 1. The van der Waals surface area contributed by atoms with Crippen molar-refractivity contribution in [2.24, 2.45) is 0 Å². The van der Waals surface area contributed by atoms with Gasteiger partial charge >= 0.3 is 0 Å². The molecule has 0 radical (unpaired) electrons. The van der Waals surface area contributed by atoms with Gasteiger partial charge in [-0.05, 0) is 69.3 Å². The summed E-state index contributed by atoms with van der Waals surface area (Å²) in [4.78, 5) is 7.60. The van der Waals surface area contributed by atoms with Gasteiger partial charge in [-0.1, -0.05) is 43.3 Å². The summed E-state index contributed by atoms with van der Waals surface area (Å²) < 4.78 is 0. The maximum atomic E-state index is 5.07. The fourth-order valence-corrected chi connectivity index (χ4v) is 4.21. The molecule has 0 bridgehead atoms. The number of nitrogens with zero attached hydrogens (tertiary/aromatic N) is 2. The lowest BCUT2D eigenvalue weighted by Gasteiger charge is -2.21. The summed E-state index contributed by atoms with van der Waals surface area (Å²) in [7, 11) is 2.03. The Kier molecular flexibility index (Phi) is 6.15. The zero-order chi connectivity index (χ0) is 20.2.